The Morgan fingerprint density at radius 2 is 2.13 bits per heavy atom. The smallest absolute Gasteiger partial charge is 0.00192 e. The highest BCUT2D eigenvalue weighted by Crippen LogP contribution is 2.13. The van der Waals surface area contributed by atoms with Gasteiger partial charge >= 0.3 is 0 Å². The van der Waals surface area contributed by atoms with Crippen LogP contribution in [0.25, 0.3) is 0 Å². The van der Waals surface area contributed by atoms with E-state index in [-0.39, 0.29) is 0 Å². The van der Waals surface area contributed by atoms with Crippen LogP contribution in [-0.4, -0.2) is 51.2 Å². The maximum absolute atomic E-state index is 3.65. The van der Waals surface area contributed by atoms with E-state index in [4.69, 9.17) is 0 Å². The molecule has 0 amide bonds. The molecule has 0 spiro atoms. The zero-order chi connectivity index (χ0) is 10.5. The second-order valence-electron chi connectivity index (χ2n) is 5.29. The zero-order valence-electron chi connectivity index (χ0n) is 9.97. The van der Waals surface area contributed by atoms with E-state index in [9.17, 15) is 0 Å². The van der Waals surface area contributed by atoms with Crippen LogP contribution in [0.1, 0.15) is 19.3 Å². The van der Waals surface area contributed by atoms with Crippen molar-refractivity contribution in [2.24, 2.45) is 11.8 Å². The Morgan fingerprint density at radius 1 is 1.27 bits per heavy atom. The summed E-state index contributed by atoms with van der Waals surface area (Å²) in [5.41, 5.74) is 0. The van der Waals surface area contributed by atoms with Crippen molar-refractivity contribution >= 4 is 0 Å². The summed E-state index contributed by atoms with van der Waals surface area (Å²) in [6.07, 6.45) is 4.15. The highest BCUT2D eigenvalue weighted by atomic mass is 15.1. The van der Waals surface area contributed by atoms with Crippen LogP contribution in [0, 0.1) is 11.8 Å². The summed E-state index contributed by atoms with van der Waals surface area (Å²) in [6.45, 7) is 7.46. The molecule has 2 aliphatic heterocycles. The molecule has 2 N–H and O–H groups in total. The normalized spacial score (nSPS) is 33.4. The lowest BCUT2D eigenvalue weighted by molar-refractivity contribution is 0.343. The van der Waals surface area contributed by atoms with Crippen molar-refractivity contribution in [2.45, 2.75) is 19.3 Å². The van der Waals surface area contributed by atoms with Crippen molar-refractivity contribution in [3.63, 3.8) is 0 Å². The second kappa shape index (κ2) is 5.83. The number of hydrogen-bond acceptors (Lipinski definition) is 3. The number of likely N-dealkylation sites (tertiary alicyclic amines) is 1. The first-order valence-corrected chi connectivity index (χ1v) is 6.44. The van der Waals surface area contributed by atoms with Gasteiger partial charge in [0.25, 0.3) is 0 Å². The molecule has 0 aromatic carbocycles. The molecule has 15 heavy (non-hydrogen) atoms. The maximum atomic E-state index is 3.65. The third-order valence-electron chi connectivity index (χ3n) is 3.75. The predicted octanol–water partition coefficient (Wildman–Crippen LogP) is 0.527. The minimum atomic E-state index is 0.873. The second-order valence-corrected chi connectivity index (χ2v) is 5.29. The molecule has 3 heteroatoms. The lowest BCUT2D eigenvalue weighted by atomic mass is 9.99. The first-order chi connectivity index (χ1) is 7.34. The summed E-state index contributed by atoms with van der Waals surface area (Å²) >= 11 is 0. The molecule has 2 fully saturated rings. The molecule has 88 valence electrons. The van der Waals surface area contributed by atoms with Crippen molar-refractivity contribution in [1.82, 2.24) is 15.5 Å². The topological polar surface area (TPSA) is 27.3 Å². The van der Waals surface area contributed by atoms with E-state index in [0.717, 1.165) is 11.8 Å². The minimum absolute atomic E-state index is 0.873. The van der Waals surface area contributed by atoms with Crippen LogP contribution in [-0.2, 0) is 0 Å². The van der Waals surface area contributed by atoms with Gasteiger partial charge in [-0.3, -0.25) is 0 Å². The molecule has 0 saturated carbocycles. The number of nitrogens with zero attached hydrogens (tertiary/aromatic N) is 1. The molecule has 0 bridgehead atoms. The number of piperidine rings is 1. The van der Waals surface area contributed by atoms with Gasteiger partial charge in [0.05, 0.1) is 0 Å². The quantitative estimate of drug-likeness (QED) is 0.710. The monoisotopic (exact) mass is 211 g/mol. The van der Waals surface area contributed by atoms with Gasteiger partial charge < -0.3 is 15.5 Å². The highest BCUT2D eigenvalue weighted by Gasteiger charge is 2.19. The lowest BCUT2D eigenvalue weighted by Crippen LogP contribution is -2.37. The fourth-order valence-corrected chi connectivity index (χ4v) is 2.78. The van der Waals surface area contributed by atoms with Gasteiger partial charge in [0.15, 0.2) is 0 Å². The van der Waals surface area contributed by atoms with Crippen LogP contribution >= 0.6 is 0 Å². The number of rotatable bonds is 4. The summed E-state index contributed by atoms with van der Waals surface area (Å²) in [6, 6.07) is 0. The molecule has 2 rings (SSSR count). The van der Waals surface area contributed by atoms with Crippen LogP contribution in [0.4, 0.5) is 0 Å². The fraction of sp³-hybridized carbons (Fsp3) is 1.00. The van der Waals surface area contributed by atoms with Gasteiger partial charge in [-0.15, -0.1) is 0 Å². The molecule has 0 aromatic rings. The van der Waals surface area contributed by atoms with Crippen molar-refractivity contribution in [3.8, 4) is 0 Å². The molecule has 0 radical (unpaired) electrons. The van der Waals surface area contributed by atoms with Crippen molar-refractivity contribution < 1.29 is 0 Å². The summed E-state index contributed by atoms with van der Waals surface area (Å²) in [4.78, 5) is 2.44. The van der Waals surface area contributed by atoms with E-state index >= 15 is 0 Å². The van der Waals surface area contributed by atoms with Gasteiger partial charge in [-0.2, -0.15) is 0 Å². The maximum Gasteiger partial charge on any atom is 0.00192 e. The Hall–Kier alpha value is -0.120. The molecule has 3 nitrogen and oxygen atoms in total. The van der Waals surface area contributed by atoms with E-state index in [1.165, 1.54) is 58.5 Å². The minimum Gasteiger partial charge on any atom is -0.316 e. The molecule has 2 heterocycles. The SMILES string of the molecule is CN1CCC(CNCC2CCCNC2)C1. The number of nitrogens with one attached hydrogen (secondary N) is 2. The zero-order valence-corrected chi connectivity index (χ0v) is 9.97. The van der Waals surface area contributed by atoms with Gasteiger partial charge in [-0.25, -0.2) is 0 Å². The van der Waals surface area contributed by atoms with E-state index in [2.05, 4.69) is 22.6 Å². The van der Waals surface area contributed by atoms with Crippen molar-refractivity contribution in [1.29, 1.82) is 0 Å². The molecule has 2 atom stereocenters. The van der Waals surface area contributed by atoms with Crippen LogP contribution in [0.3, 0.4) is 0 Å². The molecule has 2 saturated heterocycles. The van der Waals surface area contributed by atoms with Gasteiger partial charge in [0.2, 0.25) is 0 Å². The Labute approximate surface area is 93.6 Å². The van der Waals surface area contributed by atoms with Gasteiger partial charge in [0, 0.05) is 6.54 Å². The first-order valence-electron chi connectivity index (χ1n) is 6.44. The van der Waals surface area contributed by atoms with Crippen LogP contribution in [0.2, 0.25) is 0 Å². The van der Waals surface area contributed by atoms with E-state index in [0.29, 0.717) is 0 Å². The molecular formula is C12H25N3. The van der Waals surface area contributed by atoms with Crippen molar-refractivity contribution in [2.75, 3.05) is 46.3 Å². The third-order valence-corrected chi connectivity index (χ3v) is 3.75. The standard InChI is InChI=1S/C12H25N3/c1-15-6-4-12(10-15)9-14-8-11-3-2-5-13-7-11/h11-14H,2-10H2,1H3. The highest BCUT2D eigenvalue weighted by molar-refractivity contribution is 4.76. The van der Waals surface area contributed by atoms with Crippen LogP contribution in [0.5, 0.6) is 0 Å². The Kier molecular flexibility index (Phi) is 4.42. The Balaban J connectivity index is 1.54. The van der Waals surface area contributed by atoms with E-state index in [1.807, 2.05) is 0 Å². The molecule has 0 aliphatic carbocycles. The molecule has 2 unspecified atom stereocenters. The summed E-state index contributed by atoms with van der Waals surface area (Å²) in [5.74, 6) is 1.77. The summed E-state index contributed by atoms with van der Waals surface area (Å²) < 4.78 is 0. The fourth-order valence-electron chi connectivity index (χ4n) is 2.78. The molecule has 2 aliphatic rings. The predicted molar refractivity (Wildman–Crippen MR) is 64.1 cm³/mol. The largest absolute Gasteiger partial charge is 0.316 e. The van der Waals surface area contributed by atoms with Crippen LogP contribution in [0.15, 0.2) is 0 Å². The Morgan fingerprint density at radius 3 is 2.80 bits per heavy atom. The number of hydrogen-bond donors (Lipinski definition) is 2. The van der Waals surface area contributed by atoms with Gasteiger partial charge in [-0.1, -0.05) is 0 Å². The molecular weight excluding hydrogens is 186 g/mol. The lowest BCUT2D eigenvalue weighted by Gasteiger charge is -2.23. The summed E-state index contributed by atoms with van der Waals surface area (Å²) in [7, 11) is 2.23. The average molecular weight is 211 g/mol. The first kappa shape index (κ1) is 11.4. The van der Waals surface area contributed by atoms with E-state index in [1.54, 1.807) is 0 Å². The third kappa shape index (κ3) is 3.74. The van der Waals surface area contributed by atoms with Gasteiger partial charge in [0.1, 0.15) is 0 Å². The Bertz CT molecular complexity index is 173. The van der Waals surface area contributed by atoms with E-state index < -0.39 is 0 Å². The van der Waals surface area contributed by atoms with Crippen LogP contribution < -0.4 is 10.6 Å². The van der Waals surface area contributed by atoms with Gasteiger partial charge in [-0.05, 0) is 70.9 Å². The average Bonchev–Trinajstić information content (AvgIpc) is 2.66. The summed E-state index contributed by atoms with van der Waals surface area (Å²) in [5, 5.41) is 7.12. The molecule has 0 aromatic heterocycles. The van der Waals surface area contributed by atoms with Crippen molar-refractivity contribution in [3.05, 3.63) is 0 Å².